The van der Waals surface area contributed by atoms with E-state index in [1.165, 1.54) is 12.0 Å². The number of hydrogen-bond donors (Lipinski definition) is 0. The molecule has 0 nitrogen and oxygen atoms in total. The fraction of sp³-hybridized carbons (Fsp3) is 0.667. The maximum Gasteiger partial charge on any atom is 0.0142 e. The molecule has 1 heteroatoms. The smallest absolute Gasteiger partial charge is 0.0142 e. The Hall–Kier alpha value is -0.300. The summed E-state index contributed by atoms with van der Waals surface area (Å²) in [5.41, 5.74) is 3.92. The summed E-state index contributed by atoms with van der Waals surface area (Å²) < 4.78 is 0. The molecule has 72 valence electrons. The highest BCUT2D eigenvalue weighted by Gasteiger charge is 2.43. The number of aryl methyl sites for hydroxylation is 1. The lowest BCUT2D eigenvalue weighted by Gasteiger charge is -2.23. The molecule has 0 saturated heterocycles. The topological polar surface area (TPSA) is 0 Å². The molecular formula is C12H18S. The third-order valence-corrected chi connectivity index (χ3v) is 4.61. The predicted octanol–water partition coefficient (Wildman–Crippen LogP) is 4.02. The largest absolute Gasteiger partial charge is 0.148 e. The van der Waals surface area contributed by atoms with E-state index in [1.54, 1.807) is 10.4 Å². The number of thiophene rings is 1. The molecule has 0 spiro atoms. The van der Waals surface area contributed by atoms with Crippen molar-refractivity contribution in [2.45, 2.75) is 51.9 Å². The Balaban J connectivity index is 2.67. The minimum absolute atomic E-state index is 0.392. The minimum atomic E-state index is 0.392. The fourth-order valence-corrected chi connectivity index (χ4v) is 4.42. The van der Waals surface area contributed by atoms with Crippen LogP contribution in [-0.4, -0.2) is 0 Å². The number of rotatable bonds is 0. The Morgan fingerprint density at radius 1 is 1.15 bits per heavy atom. The summed E-state index contributed by atoms with van der Waals surface area (Å²) in [6.07, 6.45) is 1.29. The van der Waals surface area contributed by atoms with Crippen LogP contribution in [-0.2, 0) is 10.8 Å². The lowest BCUT2D eigenvalue weighted by molar-refractivity contribution is 0.404. The van der Waals surface area contributed by atoms with E-state index in [2.05, 4.69) is 40.0 Å². The van der Waals surface area contributed by atoms with Gasteiger partial charge in [-0.3, -0.25) is 0 Å². The Morgan fingerprint density at radius 3 is 2.31 bits per heavy atom. The molecule has 2 rings (SSSR count). The molecule has 13 heavy (non-hydrogen) atoms. The maximum absolute atomic E-state index is 2.38. The highest BCUT2D eigenvalue weighted by Crippen LogP contribution is 2.52. The summed E-state index contributed by atoms with van der Waals surface area (Å²) in [5.74, 6) is 0. The lowest BCUT2D eigenvalue weighted by Crippen LogP contribution is -2.18. The summed E-state index contributed by atoms with van der Waals surface area (Å²) in [4.78, 5) is 1.62. The van der Waals surface area contributed by atoms with Crippen LogP contribution in [0.4, 0.5) is 0 Å². The minimum Gasteiger partial charge on any atom is -0.148 e. The molecule has 0 fully saturated rings. The molecule has 1 aromatic rings. The van der Waals surface area contributed by atoms with Gasteiger partial charge >= 0.3 is 0 Å². The number of fused-ring (bicyclic) bond motifs is 1. The van der Waals surface area contributed by atoms with Crippen LogP contribution < -0.4 is 0 Å². The summed E-state index contributed by atoms with van der Waals surface area (Å²) in [6, 6.07) is 0. The summed E-state index contributed by atoms with van der Waals surface area (Å²) in [5, 5.41) is 2.31. The first kappa shape index (κ1) is 9.26. The molecule has 0 amide bonds. The van der Waals surface area contributed by atoms with Crippen molar-refractivity contribution in [2.24, 2.45) is 0 Å². The SMILES string of the molecule is Cc1csc2c1C(C)(C)CC2(C)C. The van der Waals surface area contributed by atoms with Crippen LogP contribution in [0.3, 0.4) is 0 Å². The average molecular weight is 194 g/mol. The highest BCUT2D eigenvalue weighted by atomic mass is 32.1. The van der Waals surface area contributed by atoms with Gasteiger partial charge in [-0.05, 0) is 35.3 Å². The third kappa shape index (κ3) is 1.17. The van der Waals surface area contributed by atoms with Crippen molar-refractivity contribution in [2.75, 3.05) is 0 Å². The molecule has 0 aromatic carbocycles. The molecule has 0 saturated carbocycles. The van der Waals surface area contributed by atoms with Crippen molar-refractivity contribution in [1.29, 1.82) is 0 Å². The van der Waals surface area contributed by atoms with Gasteiger partial charge in [-0.1, -0.05) is 27.7 Å². The van der Waals surface area contributed by atoms with Crippen LogP contribution >= 0.6 is 11.3 Å². The first-order valence-corrected chi connectivity index (χ1v) is 5.82. The zero-order chi connectivity index (χ0) is 9.85. The van der Waals surface area contributed by atoms with Gasteiger partial charge in [-0.2, -0.15) is 0 Å². The van der Waals surface area contributed by atoms with E-state index in [9.17, 15) is 0 Å². The van der Waals surface area contributed by atoms with Gasteiger partial charge in [0.05, 0.1) is 0 Å². The van der Waals surface area contributed by atoms with Gasteiger partial charge < -0.3 is 0 Å². The molecule has 0 atom stereocenters. The van der Waals surface area contributed by atoms with Gasteiger partial charge in [-0.25, -0.2) is 0 Å². The Labute approximate surface area is 85.0 Å². The molecule has 0 bridgehead atoms. The van der Waals surface area contributed by atoms with Gasteiger partial charge in [0.1, 0.15) is 0 Å². The molecule has 0 aliphatic heterocycles. The van der Waals surface area contributed by atoms with Gasteiger partial charge in [0.15, 0.2) is 0 Å². The standard InChI is InChI=1S/C12H18S/c1-8-6-13-10-9(8)11(2,3)7-12(10,4)5/h6H,7H2,1-5H3. The molecule has 1 heterocycles. The third-order valence-electron chi connectivity index (χ3n) is 3.15. The van der Waals surface area contributed by atoms with E-state index in [0.29, 0.717) is 10.8 Å². The molecule has 1 aliphatic rings. The van der Waals surface area contributed by atoms with Crippen molar-refractivity contribution < 1.29 is 0 Å². The second kappa shape index (κ2) is 2.38. The van der Waals surface area contributed by atoms with E-state index >= 15 is 0 Å². The molecule has 0 N–H and O–H groups in total. The molecule has 1 aromatic heterocycles. The molecule has 0 radical (unpaired) electrons. The van der Waals surface area contributed by atoms with Crippen LogP contribution in [0, 0.1) is 6.92 Å². The Bertz CT molecular complexity index is 342. The Morgan fingerprint density at radius 2 is 1.77 bits per heavy atom. The van der Waals surface area contributed by atoms with E-state index in [1.807, 2.05) is 11.3 Å². The zero-order valence-electron chi connectivity index (χ0n) is 9.19. The second-order valence-corrected chi connectivity index (χ2v) is 6.45. The van der Waals surface area contributed by atoms with E-state index < -0.39 is 0 Å². The van der Waals surface area contributed by atoms with Gasteiger partial charge in [0, 0.05) is 10.3 Å². The van der Waals surface area contributed by atoms with Crippen molar-refractivity contribution in [1.82, 2.24) is 0 Å². The Kier molecular flexibility index (Phi) is 1.70. The second-order valence-electron chi connectivity index (χ2n) is 5.57. The van der Waals surface area contributed by atoms with Gasteiger partial charge in [0.2, 0.25) is 0 Å². The van der Waals surface area contributed by atoms with Crippen LogP contribution in [0.2, 0.25) is 0 Å². The van der Waals surface area contributed by atoms with E-state index in [0.717, 1.165) is 0 Å². The quantitative estimate of drug-likeness (QED) is 0.585. The maximum atomic E-state index is 2.38. The summed E-state index contributed by atoms with van der Waals surface area (Å²) in [7, 11) is 0. The van der Waals surface area contributed by atoms with Crippen molar-refractivity contribution in [3.63, 3.8) is 0 Å². The number of hydrogen-bond acceptors (Lipinski definition) is 1. The first-order valence-electron chi connectivity index (χ1n) is 4.94. The van der Waals surface area contributed by atoms with E-state index in [4.69, 9.17) is 0 Å². The van der Waals surface area contributed by atoms with Crippen LogP contribution in [0.15, 0.2) is 5.38 Å². The molecular weight excluding hydrogens is 176 g/mol. The van der Waals surface area contributed by atoms with E-state index in [-0.39, 0.29) is 0 Å². The van der Waals surface area contributed by atoms with Crippen molar-refractivity contribution in [3.05, 3.63) is 21.4 Å². The van der Waals surface area contributed by atoms with Crippen molar-refractivity contribution >= 4 is 11.3 Å². The van der Waals surface area contributed by atoms with Gasteiger partial charge in [0.25, 0.3) is 0 Å². The predicted molar refractivity (Wildman–Crippen MR) is 59.7 cm³/mol. The van der Waals surface area contributed by atoms with Crippen LogP contribution in [0.25, 0.3) is 0 Å². The molecule has 1 aliphatic carbocycles. The summed E-state index contributed by atoms with van der Waals surface area (Å²) in [6.45, 7) is 11.7. The monoisotopic (exact) mass is 194 g/mol. The fourth-order valence-electron chi connectivity index (χ4n) is 3.06. The van der Waals surface area contributed by atoms with Crippen LogP contribution in [0.5, 0.6) is 0 Å². The normalized spacial score (nSPS) is 23.2. The van der Waals surface area contributed by atoms with Crippen molar-refractivity contribution in [3.8, 4) is 0 Å². The summed E-state index contributed by atoms with van der Waals surface area (Å²) >= 11 is 1.95. The lowest BCUT2D eigenvalue weighted by atomic mass is 9.81. The van der Waals surface area contributed by atoms with Gasteiger partial charge in [-0.15, -0.1) is 11.3 Å². The molecule has 0 unspecified atom stereocenters. The highest BCUT2D eigenvalue weighted by molar-refractivity contribution is 7.10. The first-order chi connectivity index (χ1) is 5.84. The zero-order valence-corrected chi connectivity index (χ0v) is 10.0. The average Bonchev–Trinajstić information content (AvgIpc) is 2.35. The van der Waals surface area contributed by atoms with Crippen LogP contribution in [0.1, 0.15) is 50.1 Å².